The first-order valence-corrected chi connectivity index (χ1v) is 8.12. The minimum Gasteiger partial charge on any atom is -0.370 e. The number of hydrogen-bond donors (Lipinski definition) is 3. The van der Waals surface area contributed by atoms with Gasteiger partial charge >= 0.3 is 0 Å². The molecular formula is C18H22N4O. The summed E-state index contributed by atoms with van der Waals surface area (Å²) in [5.74, 6) is 0.807. The van der Waals surface area contributed by atoms with Gasteiger partial charge in [-0.1, -0.05) is 25.0 Å². The zero-order valence-corrected chi connectivity index (χ0v) is 13.1. The van der Waals surface area contributed by atoms with Crippen LogP contribution in [-0.2, 0) is 11.2 Å². The van der Waals surface area contributed by atoms with E-state index in [9.17, 15) is 4.79 Å². The quantitative estimate of drug-likeness (QED) is 0.556. The maximum Gasteiger partial charge on any atom is 0.217 e. The number of nitrogens with zero attached hydrogens (tertiary/aromatic N) is 1. The fourth-order valence-corrected chi connectivity index (χ4v) is 2.80. The standard InChI is InChI=1S/C18H22N4O/c19-17(23)5-3-1-2-4-6-18-21-12-16(22-18)14-8-7-13-9-10-20-15(13)11-14/h7-12,20H,1-6H2,(H2,19,23)(H,21,22). The van der Waals surface area contributed by atoms with Gasteiger partial charge in [-0.05, 0) is 30.4 Å². The highest BCUT2D eigenvalue weighted by Crippen LogP contribution is 2.22. The van der Waals surface area contributed by atoms with Crippen molar-refractivity contribution in [1.82, 2.24) is 15.0 Å². The molecule has 0 bridgehead atoms. The molecule has 4 N–H and O–H groups in total. The minimum absolute atomic E-state index is 0.209. The average molecular weight is 310 g/mol. The summed E-state index contributed by atoms with van der Waals surface area (Å²) in [5, 5.41) is 1.21. The predicted molar refractivity (Wildman–Crippen MR) is 91.9 cm³/mol. The largest absolute Gasteiger partial charge is 0.370 e. The predicted octanol–water partition coefficient (Wildman–Crippen LogP) is 3.54. The normalized spacial score (nSPS) is 11.1. The van der Waals surface area contributed by atoms with Gasteiger partial charge in [0.15, 0.2) is 0 Å². The molecule has 5 heteroatoms. The van der Waals surface area contributed by atoms with E-state index in [0.29, 0.717) is 6.42 Å². The molecule has 0 spiro atoms. The summed E-state index contributed by atoms with van der Waals surface area (Å²) >= 11 is 0. The van der Waals surface area contributed by atoms with Crippen molar-refractivity contribution in [2.45, 2.75) is 38.5 Å². The zero-order valence-electron chi connectivity index (χ0n) is 13.1. The number of aryl methyl sites for hydroxylation is 1. The number of hydrogen-bond acceptors (Lipinski definition) is 2. The highest BCUT2D eigenvalue weighted by Gasteiger charge is 2.05. The van der Waals surface area contributed by atoms with Crippen molar-refractivity contribution in [3.63, 3.8) is 0 Å². The van der Waals surface area contributed by atoms with Crippen LogP contribution in [0.15, 0.2) is 36.7 Å². The van der Waals surface area contributed by atoms with Crippen molar-refractivity contribution in [2.24, 2.45) is 5.73 Å². The molecule has 0 aliphatic heterocycles. The van der Waals surface area contributed by atoms with Gasteiger partial charge in [0.1, 0.15) is 5.82 Å². The van der Waals surface area contributed by atoms with Crippen LogP contribution in [0.25, 0.3) is 22.2 Å². The average Bonchev–Trinajstić information content (AvgIpc) is 3.18. The van der Waals surface area contributed by atoms with E-state index in [1.54, 1.807) is 0 Å². The molecule has 0 atom stereocenters. The Bertz CT molecular complexity index is 787. The summed E-state index contributed by atoms with van der Waals surface area (Å²) in [7, 11) is 0. The lowest BCUT2D eigenvalue weighted by Gasteiger charge is -2.00. The second-order valence-corrected chi connectivity index (χ2v) is 5.90. The topological polar surface area (TPSA) is 87.6 Å². The molecule has 0 saturated carbocycles. The fourth-order valence-electron chi connectivity index (χ4n) is 2.80. The van der Waals surface area contributed by atoms with E-state index < -0.39 is 0 Å². The van der Waals surface area contributed by atoms with Gasteiger partial charge in [-0.25, -0.2) is 4.98 Å². The molecule has 0 unspecified atom stereocenters. The van der Waals surface area contributed by atoms with Crippen LogP contribution in [0.3, 0.4) is 0 Å². The Hall–Kier alpha value is -2.56. The number of H-pyrrole nitrogens is 2. The van der Waals surface area contributed by atoms with Crippen molar-refractivity contribution >= 4 is 16.8 Å². The van der Waals surface area contributed by atoms with Gasteiger partial charge in [0.25, 0.3) is 0 Å². The van der Waals surface area contributed by atoms with Crippen molar-refractivity contribution in [2.75, 3.05) is 0 Å². The summed E-state index contributed by atoms with van der Waals surface area (Å²) in [6.45, 7) is 0. The molecule has 2 heterocycles. The third kappa shape index (κ3) is 4.00. The van der Waals surface area contributed by atoms with Crippen LogP contribution in [0.4, 0.5) is 0 Å². The number of unbranched alkanes of at least 4 members (excludes halogenated alkanes) is 3. The molecule has 5 nitrogen and oxygen atoms in total. The Morgan fingerprint density at radius 2 is 2.00 bits per heavy atom. The highest BCUT2D eigenvalue weighted by molar-refractivity contribution is 5.84. The number of carbonyl (C=O) groups excluding carboxylic acids is 1. The molecule has 0 aliphatic carbocycles. The van der Waals surface area contributed by atoms with E-state index >= 15 is 0 Å². The highest BCUT2D eigenvalue weighted by atomic mass is 16.1. The third-order valence-corrected chi connectivity index (χ3v) is 4.08. The first-order valence-electron chi connectivity index (χ1n) is 8.12. The maximum atomic E-state index is 10.7. The number of nitrogens with two attached hydrogens (primary N) is 1. The monoisotopic (exact) mass is 310 g/mol. The lowest BCUT2D eigenvalue weighted by atomic mass is 10.1. The first-order chi connectivity index (χ1) is 11.2. The number of fused-ring (bicyclic) bond motifs is 1. The van der Waals surface area contributed by atoms with Crippen LogP contribution in [0, 0.1) is 0 Å². The first kappa shape index (κ1) is 15.3. The van der Waals surface area contributed by atoms with Gasteiger partial charge in [0.2, 0.25) is 5.91 Å². The van der Waals surface area contributed by atoms with E-state index in [-0.39, 0.29) is 5.91 Å². The molecule has 0 fully saturated rings. The molecule has 0 saturated heterocycles. The molecule has 2 aromatic heterocycles. The minimum atomic E-state index is -0.209. The van der Waals surface area contributed by atoms with Gasteiger partial charge < -0.3 is 15.7 Å². The van der Waals surface area contributed by atoms with Crippen molar-refractivity contribution in [3.05, 3.63) is 42.5 Å². The van der Waals surface area contributed by atoms with E-state index in [0.717, 1.165) is 54.7 Å². The van der Waals surface area contributed by atoms with Gasteiger partial charge in [-0.15, -0.1) is 0 Å². The number of benzene rings is 1. The van der Waals surface area contributed by atoms with Crippen LogP contribution in [-0.4, -0.2) is 20.9 Å². The maximum absolute atomic E-state index is 10.7. The fraction of sp³-hybridized carbons (Fsp3) is 0.333. The van der Waals surface area contributed by atoms with E-state index in [2.05, 4.69) is 39.2 Å². The number of primary amides is 1. The zero-order chi connectivity index (χ0) is 16.1. The van der Waals surface area contributed by atoms with Gasteiger partial charge in [-0.2, -0.15) is 0 Å². The lowest BCUT2D eigenvalue weighted by molar-refractivity contribution is -0.118. The second kappa shape index (κ2) is 7.13. The lowest BCUT2D eigenvalue weighted by Crippen LogP contribution is -2.09. The Kier molecular flexibility index (Phi) is 4.76. The smallest absolute Gasteiger partial charge is 0.217 e. The molecule has 1 aromatic carbocycles. The van der Waals surface area contributed by atoms with E-state index in [1.807, 2.05) is 12.4 Å². The number of amides is 1. The van der Waals surface area contributed by atoms with Crippen molar-refractivity contribution in [1.29, 1.82) is 0 Å². The van der Waals surface area contributed by atoms with Gasteiger partial charge in [-0.3, -0.25) is 4.79 Å². The van der Waals surface area contributed by atoms with Crippen molar-refractivity contribution < 1.29 is 4.79 Å². The number of aromatic amines is 2. The van der Waals surface area contributed by atoms with Crippen LogP contribution in [0.2, 0.25) is 0 Å². The summed E-state index contributed by atoms with van der Waals surface area (Å²) in [5.41, 5.74) is 8.45. The number of aromatic nitrogens is 3. The molecule has 1 amide bonds. The second-order valence-electron chi connectivity index (χ2n) is 5.90. The van der Waals surface area contributed by atoms with Crippen LogP contribution in [0.1, 0.15) is 37.9 Å². The SMILES string of the molecule is NC(=O)CCCCCCc1ncc(-c2ccc3cc[nH]c3c2)[nH]1. The summed E-state index contributed by atoms with van der Waals surface area (Å²) in [4.78, 5) is 21.8. The Labute approximate surface area is 135 Å². The molecular weight excluding hydrogens is 288 g/mol. The molecule has 23 heavy (non-hydrogen) atoms. The summed E-state index contributed by atoms with van der Waals surface area (Å²) in [6, 6.07) is 8.42. The van der Waals surface area contributed by atoms with Gasteiger partial charge in [0, 0.05) is 30.1 Å². The van der Waals surface area contributed by atoms with E-state index in [4.69, 9.17) is 5.73 Å². The Morgan fingerprint density at radius 3 is 2.87 bits per heavy atom. The number of imidazole rings is 1. The molecule has 0 radical (unpaired) electrons. The number of nitrogens with one attached hydrogen (secondary N) is 2. The Morgan fingerprint density at radius 1 is 1.13 bits per heavy atom. The third-order valence-electron chi connectivity index (χ3n) is 4.08. The van der Waals surface area contributed by atoms with Gasteiger partial charge in [0.05, 0.1) is 11.9 Å². The molecule has 120 valence electrons. The molecule has 3 aromatic rings. The van der Waals surface area contributed by atoms with Crippen molar-refractivity contribution in [3.8, 4) is 11.3 Å². The number of carbonyl (C=O) groups is 1. The summed E-state index contributed by atoms with van der Waals surface area (Å²) < 4.78 is 0. The molecule has 3 rings (SSSR count). The summed E-state index contributed by atoms with van der Waals surface area (Å²) in [6.07, 6.45) is 9.36. The van der Waals surface area contributed by atoms with Crippen LogP contribution < -0.4 is 5.73 Å². The van der Waals surface area contributed by atoms with Crippen LogP contribution in [0.5, 0.6) is 0 Å². The molecule has 0 aliphatic rings. The number of rotatable bonds is 8. The Balaban J connectivity index is 1.52. The van der Waals surface area contributed by atoms with E-state index in [1.165, 1.54) is 5.39 Å². The van der Waals surface area contributed by atoms with Crippen LogP contribution >= 0.6 is 0 Å².